The minimum atomic E-state index is -0.398. The maximum absolute atomic E-state index is 13.1. The van der Waals surface area contributed by atoms with E-state index in [4.69, 9.17) is 11.5 Å². The first kappa shape index (κ1) is 12.4. The van der Waals surface area contributed by atoms with Crippen molar-refractivity contribution in [3.63, 3.8) is 0 Å². The number of aryl methyl sites for hydroxylation is 1. The van der Waals surface area contributed by atoms with Gasteiger partial charge in [0.15, 0.2) is 0 Å². The number of nitrogens with two attached hydrogens (primary N) is 2. The van der Waals surface area contributed by atoms with Crippen LogP contribution in [0.15, 0.2) is 18.2 Å². The van der Waals surface area contributed by atoms with E-state index in [0.29, 0.717) is 5.56 Å². The third-order valence-electron chi connectivity index (χ3n) is 1.80. The molecule has 0 bridgehead atoms. The van der Waals surface area contributed by atoms with E-state index in [9.17, 15) is 4.39 Å². The number of benzene rings is 1. The minimum absolute atomic E-state index is 0. The van der Waals surface area contributed by atoms with Crippen LogP contribution in [0.5, 0.6) is 0 Å². The molecule has 1 atom stereocenters. The fraction of sp³-hybridized carbons (Fsp3) is 0.333. The standard InChI is InChI=1S/C9H13FN2.ClH/c1-6-2-3-8(10)7(4-6)9(12)5-11;/h2-4,9H,5,11-12H2,1H3;1H/t9-;/m0./s1. The van der Waals surface area contributed by atoms with Crippen molar-refractivity contribution < 1.29 is 4.39 Å². The van der Waals surface area contributed by atoms with Crippen LogP contribution in [0.3, 0.4) is 0 Å². The van der Waals surface area contributed by atoms with Gasteiger partial charge in [0, 0.05) is 18.2 Å². The van der Waals surface area contributed by atoms with Gasteiger partial charge in [-0.3, -0.25) is 0 Å². The molecular weight excluding hydrogens is 191 g/mol. The van der Waals surface area contributed by atoms with E-state index < -0.39 is 6.04 Å². The van der Waals surface area contributed by atoms with Gasteiger partial charge in [-0.1, -0.05) is 17.7 Å². The third-order valence-corrected chi connectivity index (χ3v) is 1.80. The summed E-state index contributed by atoms with van der Waals surface area (Å²) in [6.07, 6.45) is 0. The van der Waals surface area contributed by atoms with Crippen LogP contribution in [0.25, 0.3) is 0 Å². The lowest BCUT2D eigenvalue weighted by molar-refractivity contribution is 0.583. The molecule has 4 N–H and O–H groups in total. The summed E-state index contributed by atoms with van der Waals surface area (Å²) in [4.78, 5) is 0. The van der Waals surface area contributed by atoms with Crippen LogP contribution in [0, 0.1) is 12.7 Å². The Bertz CT molecular complexity index is 278. The molecule has 0 aliphatic heterocycles. The first-order valence-corrected chi connectivity index (χ1v) is 3.87. The van der Waals surface area contributed by atoms with Gasteiger partial charge >= 0.3 is 0 Å². The molecule has 2 nitrogen and oxygen atoms in total. The molecule has 4 heteroatoms. The topological polar surface area (TPSA) is 52.0 Å². The zero-order chi connectivity index (χ0) is 9.14. The molecule has 0 saturated carbocycles. The van der Waals surface area contributed by atoms with Crippen LogP contribution in [0.1, 0.15) is 17.2 Å². The van der Waals surface area contributed by atoms with E-state index in [2.05, 4.69) is 0 Å². The number of halogens is 2. The Hall–Kier alpha value is -0.640. The molecule has 0 spiro atoms. The first-order valence-electron chi connectivity index (χ1n) is 3.87. The second-order valence-electron chi connectivity index (χ2n) is 2.87. The van der Waals surface area contributed by atoms with Crippen LogP contribution in [0.4, 0.5) is 4.39 Å². The normalized spacial score (nSPS) is 12.0. The van der Waals surface area contributed by atoms with Crippen molar-refractivity contribution in [2.45, 2.75) is 13.0 Å². The Labute approximate surface area is 83.5 Å². The lowest BCUT2D eigenvalue weighted by Gasteiger charge is -2.10. The van der Waals surface area contributed by atoms with E-state index >= 15 is 0 Å². The summed E-state index contributed by atoms with van der Waals surface area (Å²) in [5, 5.41) is 0. The van der Waals surface area contributed by atoms with Crippen molar-refractivity contribution in [1.82, 2.24) is 0 Å². The Morgan fingerprint density at radius 2 is 2.08 bits per heavy atom. The third kappa shape index (κ3) is 2.95. The molecule has 0 fully saturated rings. The SMILES string of the molecule is Cc1ccc(F)c([C@@H](N)CN)c1.Cl. The van der Waals surface area contributed by atoms with Crippen molar-refractivity contribution >= 4 is 12.4 Å². The highest BCUT2D eigenvalue weighted by Gasteiger charge is 2.08. The van der Waals surface area contributed by atoms with Crippen molar-refractivity contribution in [2.24, 2.45) is 11.5 Å². The van der Waals surface area contributed by atoms with Crippen LogP contribution in [-0.2, 0) is 0 Å². The quantitative estimate of drug-likeness (QED) is 0.768. The number of rotatable bonds is 2. The molecule has 0 radical (unpaired) electrons. The zero-order valence-electron chi connectivity index (χ0n) is 7.46. The van der Waals surface area contributed by atoms with Gasteiger partial charge in [0.1, 0.15) is 5.82 Å². The summed E-state index contributed by atoms with van der Waals surface area (Å²) in [6, 6.07) is 4.46. The van der Waals surface area contributed by atoms with Gasteiger partial charge in [-0.15, -0.1) is 12.4 Å². The lowest BCUT2D eigenvalue weighted by atomic mass is 10.0. The monoisotopic (exact) mass is 204 g/mol. The highest BCUT2D eigenvalue weighted by molar-refractivity contribution is 5.85. The maximum atomic E-state index is 13.1. The highest BCUT2D eigenvalue weighted by atomic mass is 35.5. The Morgan fingerprint density at radius 3 is 2.62 bits per heavy atom. The van der Waals surface area contributed by atoms with Crippen LogP contribution in [0.2, 0.25) is 0 Å². The minimum Gasteiger partial charge on any atom is -0.329 e. The molecule has 0 aliphatic carbocycles. The summed E-state index contributed by atoms with van der Waals surface area (Å²) in [5.41, 5.74) is 12.4. The molecule has 0 amide bonds. The van der Waals surface area contributed by atoms with Gasteiger partial charge in [0.25, 0.3) is 0 Å². The smallest absolute Gasteiger partial charge is 0.128 e. The van der Waals surface area contributed by atoms with E-state index in [-0.39, 0.29) is 24.8 Å². The molecule has 0 heterocycles. The Balaban J connectivity index is 0.00000144. The molecule has 1 aromatic carbocycles. The lowest BCUT2D eigenvalue weighted by Crippen LogP contribution is -2.21. The Kier molecular flexibility index (Phi) is 4.91. The summed E-state index contributed by atoms with van der Waals surface area (Å²) >= 11 is 0. The van der Waals surface area contributed by atoms with Crippen molar-refractivity contribution in [2.75, 3.05) is 6.54 Å². The van der Waals surface area contributed by atoms with E-state index in [1.165, 1.54) is 6.07 Å². The van der Waals surface area contributed by atoms with E-state index in [1.54, 1.807) is 12.1 Å². The molecule has 13 heavy (non-hydrogen) atoms. The molecule has 0 aromatic heterocycles. The second-order valence-corrected chi connectivity index (χ2v) is 2.87. The molecule has 0 unspecified atom stereocenters. The van der Waals surface area contributed by atoms with Gasteiger partial charge in [0.05, 0.1) is 0 Å². The summed E-state index contributed by atoms with van der Waals surface area (Å²) in [7, 11) is 0. The van der Waals surface area contributed by atoms with Gasteiger partial charge in [-0.05, 0) is 13.0 Å². The van der Waals surface area contributed by atoms with Gasteiger partial charge in [0.2, 0.25) is 0 Å². The van der Waals surface area contributed by atoms with E-state index in [1.807, 2.05) is 6.92 Å². The average Bonchev–Trinajstić information content (AvgIpc) is 2.08. The Morgan fingerprint density at radius 1 is 1.46 bits per heavy atom. The maximum Gasteiger partial charge on any atom is 0.128 e. The molecule has 0 saturated heterocycles. The van der Waals surface area contributed by atoms with Crippen molar-refractivity contribution in [3.8, 4) is 0 Å². The number of hydrogen-bond acceptors (Lipinski definition) is 2. The predicted octanol–water partition coefficient (Wildman–Crippen LogP) is 1.51. The summed E-state index contributed by atoms with van der Waals surface area (Å²) in [5.74, 6) is -0.279. The second kappa shape index (κ2) is 5.17. The van der Waals surface area contributed by atoms with Gasteiger partial charge < -0.3 is 11.5 Å². The molecule has 1 aromatic rings. The van der Waals surface area contributed by atoms with Crippen LogP contribution in [-0.4, -0.2) is 6.54 Å². The molecule has 0 aliphatic rings. The summed E-state index contributed by atoms with van der Waals surface area (Å²) in [6.45, 7) is 2.16. The van der Waals surface area contributed by atoms with Gasteiger partial charge in [-0.25, -0.2) is 4.39 Å². The predicted molar refractivity (Wildman–Crippen MR) is 54.4 cm³/mol. The van der Waals surface area contributed by atoms with Gasteiger partial charge in [-0.2, -0.15) is 0 Å². The van der Waals surface area contributed by atoms with Crippen LogP contribution >= 0.6 is 12.4 Å². The van der Waals surface area contributed by atoms with Crippen molar-refractivity contribution in [3.05, 3.63) is 35.1 Å². The molecule has 74 valence electrons. The number of hydrogen-bond donors (Lipinski definition) is 2. The fourth-order valence-corrected chi connectivity index (χ4v) is 1.07. The largest absolute Gasteiger partial charge is 0.329 e. The zero-order valence-corrected chi connectivity index (χ0v) is 8.27. The highest BCUT2D eigenvalue weighted by Crippen LogP contribution is 2.15. The summed E-state index contributed by atoms with van der Waals surface area (Å²) < 4.78 is 13.1. The molecule has 1 rings (SSSR count). The van der Waals surface area contributed by atoms with Crippen molar-refractivity contribution in [1.29, 1.82) is 0 Å². The van der Waals surface area contributed by atoms with E-state index in [0.717, 1.165) is 5.56 Å². The average molecular weight is 205 g/mol. The van der Waals surface area contributed by atoms with Crippen LogP contribution < -0.4 is 11.5 Å². The molecular formula is C9H14ClFN2. The first-order chi connectivity index (χ1) is 5.65. The fourth-order valence-electron chi connectivity index (χ4n) is 1.07.